The molecule has 2 aromatic rings. The molecule has 3 amide bonds. The molecule has 0 unspecified atom stereocenters. The average Bonchev–Trinajstić information content (AvgIpc) is 3.28. The summed E-state index contributed by atoms with van der Waals surface area (Å²) < 4.78 is 10.4. The molecule has 33 heavy (non-hydrogen) atoms. The van der Waals surface area contributed by atoms with Crippen LogP contribution in [0.5, 0.6) is 5.75 Å². The summed E-state index contributed by atoms with van der Waals surface area (Å²) in [5.41, 5.74) is 2.56. The molecular weight excluding hydrogens is 444 g/mol. The lowest BCUT2D eigenvalue weighted by atomic mass is 9.98. The number of halogens is 1. The molecule has 2 aromatic carbocycles. The number of urea groups is 1. The standard InChI is InChI=1S/C24H29ClN4O4/c1-4-26-24(31)28(12-13-32-2)16-23(30)29-22(17-8-10-19(25)11-9-17)15-21(27-29)18-6-5-7-20(14-18)33-3/h5-11,14,22H,4,12-13,15-16H2,1-3H3,(H,26,31)/t22-/m1/s1. The second kappa shape index (κ2) is 11.7. The number of ether oxygens (including phenoxy) is 2. The zero-order valence-corrected chi connectivity index (χ0v) is 19.8. The molecule has 0 bridgehead atoms. The highest BCUT2D eigenvalue weighted by Gasteiger charge is 2.34. The van der Waals surface area contributed by atoms with Crippen molar-refractivity contribution in [3.63, 3.8) is 0 Å². The van der Waals surface area contributed by atoms with Crippen LogP contribution in [0.15, 0.2) is 53.6 Å². The third-order valence-electron chi connectivity index (χ3n) is 5.33. The summed E-state index contributed by atoms with van der Waals surface area (Å²) in [5.74, 6) is 0.431. The van der Waals surface area contributed by atoms with Gasteiger partial charge in [-0.05, 0) is 36.8 Å². The van der Waals surface area contributed by atoms with E-state index in [0.717, 1.165) is 16.8 Å². The Hall–Kier alpha value is -3.10. The van der Waals surface area contributed by atoms with E-state index in [-0.39, 0.29) is 24.5 Å². The van der Waals surface area contributed by atoms with Gasteiger partial charge in [-0.15, -0.1) is 0 Å². The van der Waals surface area contributed by atoms with Gasteiger partial charge in [-0.1, -0.05) is 35.9 Å². The third kappa shape index (κ3) is 6.24. The number of hydrogen-bond donors (Lipinski definition) is 1. The second-order valence-electron chi connectivity index (χ2n) is 7.54. The largest absolute Gasteiger partial charge is 0.497 e. The first-order chi connectivity index (χ1) is 16.0. The van der Waals surface area contributed by atoms with Crippen molar-refractivity contribution in [2.24, 2.45) is 5.10 Å². The summed E-state index contributed by atoms with van der Waals surface area (Å²) in [6.45, 7) is 2.79. The van der Waals surface area contributed by atoms with Gasteiger partial charge in [0, 0.05) is 37.2 Å². The van der Waals surface area contributed by atoms with E-state index in [1.807, 2.05) is 43.3 Å². The first-order valence-corrected chi connectivity index (χ1v) is 11.2. The van der Waals surface area contributed by atoms with Crippen molar-refractivity contribution in [3.8, 4) is 5.75 Å². The maximum absolute atomic E-state index is 13.4. The summed E-state index contributed by atoms with van der Waals surface area (Å²) in [4.78, 5) is 27.3. The van der Waals surface area contributed by atoms with Gasteiger partial charge in [-0.2, -0.15) is 5.10 Å². The van der Waals surface area contributed by atoms with Crippen LogP contribution < -0.4 is 10.1 Å². The lowest BCUT2D eigenvalue weighted by molar-refractivity contribution is -0.133. The Bertz CT molecular complexity index is 996. The van der Waals surface area contributed by atoms with Crippen molar-refractivity contribution >= 4 is 29.3 Å². The van der Waals surface area contributed by atoms with E-state index in [4.69, 9.17) is 21.1 Å². The number of rotatable bonds is 9. The number of carbonyl (C=O) groups excluding carboxylic acids is 2. The Balaban J connectivity index is 1.90. The van der Waals surface area contributed by atoms with Crippen molar-refractivity contribution in [3.05, 3.63) is 64.7 Å². The smallest absolute Gasteiger partial charge is 0.317 e. The molecule has 1 aliphatic heterocycles. The quantitative estimate of drug-likeness (QED) is 0.603. The molecule has 0 radical (unpaired) electrons. The maximum atomic E-state index is 13.4. The summed E-state index contributed by atoms with van der Waals surface area (Å²) in [7, 11) is 3.16. The van der Waals surface area contributed by atoms with Crippen LogP contribution in [0.4, 0.5) is 4.79 Å². The second-order valence-corrected chi connectivity index (χ2v) is 7.97. The van der Waals surface area contributed by atoms with Crippen LogP contribution in [0.1, 0.15) is 30.5 Å². The SMILES string of the molecule is CCNC(=O)N(CCOC)CC(=O)N1N=C(c2cccc(OC)c2)C[C@@H]1c1ccc(Cl)cc1. The van der Waals surface area contributed by atoms with Gasteiger partial charge in [0.2, 0.25) is 0 Å². The normalized spacial score (nSPS) is 15.2. The lowest BCUT2D eigenvalue weighted by Crippen LogP contribution is -2.47. The summed E-state index contributed by atoms with van der Waals surface area (Å²) in [6.07, 6.45) is 0.528. The van der Waals surface area contributed by atoms with Crippen molar-refractivity contribution < 1.29 is 19.1 Å². The van der Waals surface area contributed by atoms with Crippen LogP contribution in [0, 0.1) is 0 Å². The first-order valence-electron chi connectivity index (χ1n) is 10.8. The number of nitrogens with one attached hydrogen (secondary N) is 1. The van der Waals surface area contributed by atoms with Gasteiger partial charge in [0.15, 0.2) is 0 Å². The number of nitrogens with zero attached hydrogens (tertiary/aromatic N) is 3. The van der Waals surface area contributed by atoms with Gasteiger partial charge in [-0.3, -0.25) is 4.79 Å². The Kier molecular flexibility index (Phi) is 8.68. The van der Waals surface area contributed by atoms with Gasteiger partial charge in [-0.25, -0.2) is 9.80 Å². The van der Waals surface area contributed by atoms with Crippen LogP contribution in [-0.2, 0) is 9.53 Å². The van der Waals surface area contributed by atoms with Crippen molar-refractivity contribution in [2.45, 2.75) is 19.4 Å². The van der Waals surface area contributed by atoms with E-state index in [9.17, 15) is 9.59 Å². The highest BCUT2D eigenvalue weighted by Crippen LogP contribution is 2.34. The van der Waals surface area contributed by atoms with Gasteiger partial charge in [0.05, 0.1) is 25.5 Å². The number of carbonyl (C=O) groups is 2. The van der Waals surface area contributed by atoms with Gasteiger partial charge < -0.3 is 19.7 Å². The topological polar surface area (TPSA) is 83.5 Å². The van der Waals surface area contributed by atoms with Crippen LogP contribution >= 0.6 is 11.6 Å². The van der Waals surface area contributed by atoms with E-state index in [1.54, 1.807) is 26.4 Å². The Morgan fingerprint density at radius 2 is 1.97 bits per heavy atom. The third-order valence-corrected chi connectivity index (χ3v) is 5.58. The van der Waals surface area contributed by atoms with Crippen LogP contribution in [0.3, 0.4) is 0 Å². The zero-order valence-electron chi connectivity index (χ0n) is 19.1. The van der Waals surface area contributed by atoms with Crippen molar-refractivity contribution in [1.29, 1.82) is 0 Å². The molecule has 176 valence electrons. The molecule has 0 saturated carbocycles. The van der Waals surface area contributed by atoms with Crippen LogP contribution in [0.2, 0.25) is 5.02 Å². The molecule has 8 nitrogen and oxygen atoms in total. The molecular formula is C24H29ClN4O4. The molecule has 1 heterocycles. The molecule has 1 N–H and O–H groups in total. The Morgan fingerprint density at radius 3 is 2.64 bits per heavy atom. The van der Waals surface area contributed by atoms with E-state index in [1.165, 1.54) is 9.91 Å². The van der Waals surface area contributed by atoms with Gasteiger partial charge >= 0.3 is 6.03 Å². The fraction of sp³-hybridized carbons (Fsp3) is 0.375. The Morgan fingerprint density at radius 1 is 1.21 bits per heavy atom. The molecule has 0 spiro atoms. The minimum absolute atomic E-state index is 0.117. The first kappa shape index (κ1) is 24.5. The fourth-order valence-electron chi connectivity index (χ4n) is 3.61. The highest BCUT2D eigenvalue weighted by atomic mass is 35.5. The van der Waals surface area contributed by atoms with Crippen LogP contribution in [0.25, 0.3) is 0 Å². The molecule has 0 fully saturated rings. The monoisotopic (exact) mass is 472 g/mol. The van der Waals surface area contributed by atoms with Crippen LogP contribution in [-0.4, -0.2) is 68.0 Å². The van der Waals surface area contributed by atoms with E-state index in [0.29, 0.717) is 36.9 Å². The Labute approximate surface area is 199 Å². The van der Waals surface area contributed by atoms with Crippen molar-refractivity contribution in [2.75, 3.05) is 40.5 Å². The zero-order chi connectivity index (χ0) is 23.8. The van der Waals surface area contributed by atoms with E-state index >= 15 is 0 Å². The molecule has 1 aliphatic rings. The minimum Gasteiger partial charge on any atom is -0.497 e. The molecule has 9 heteroatoms. The van der Waals surface area contributed by atoms with Gasteiger partial charge in [0.25, 0.3) is 5.91 Å². The minimum atomic E-state index is -0.317. The molecule has 1 atom stereocenters. The predicted octanol–water partition coefficient (Wildman–Crippen LogP) is 3.70. The molecule has 3 rings (SSSR count). The highest BCUT2D eigenvalue weighted by molar-refractivity contribution is 6.30. The van der Waals surface area contributed by atoms with Gasteiger partial charge in [0.1, 0.15) is 12.3 Å². The molecule has 0 aliphatic carbocycles. The lowest BCUT2D eigenvalue weighted by Gasteiger charge is -2.27. The summed E-state index contributed by atoms with van der Waals surface area (Å²) in [6, 6.07) is 14.3. The maximum Gasteiger partial charge on any atom is 0.317 e. The number of methoxy groups -OCH3 is 2. The number of amides is 3. The average molecular weight is 473 g/mol. The number of hydrogen-bond acceptors (Lipinski definition) is 5. The molecule has 0 aromatic heterocycles. The van der Waals surface area contributed by atoms with E-state index < -0.39 is 0 Å². The fourth-order valence-corrected chi connectivity index (χ4v) is 3.74. The molecule has 0 saturated heterocycles. The summed E-state index contributed by atoms with van der Waals surface area (Å²) >= 11 is 6.07. The van der Waals surface area contributed by atoms with Crippen molar-refractivity contribution in [1.82, 2.24) is 15.2 Å². The predicted molar refractivity (Wildman–Crippen MR) is 128 cm³/mol. The summed E-state index contributed by atoms with van der Waals surface area (Å²) in [5, 5.41) is 9.50. The van der Waals surface area contributed by atoms with E-state index in [2.05, 4.69) is 10.4 Å². The number of hydrazone groups is 1. The number of benzene rings is 2.